The molecule has 0 fully saturated rings. The lowest BCUT2D eigenvalue weighted by Crippen LogP contribution is -2.04. The number of ether oxygens (including phenoxy) is 1. The molecular weight excluding hydrogens is 259 g/mol. The first-order valence-electron chi connectivity index (χ1n) is 3.47. The third-order valence-electron chi connectivity index (χ3n) is 1.57. The highest BCUT2D eigenvalue weighted by Crippen LogP contribution is 2.35. The third kappa shape index (κ3) is 1.65. The number of aromatic carboxylic acids is 1. The molecule has 0 bridgehead atoms. The first-order chi connectivity index (χ1) is 6.49. The zero-order valence-corrected chi connectivity index (χ0v) is 8.63. The molecule has 14 heavy (non-hydrogen) atoms. The number of carboxylic acids is 1. The van der Waals surface area contributed by atoms with Gasteiger partial charge in [0.25, 0.3) is 0 Å². The maximum atomic E-state index is 13.3. The third-order valence-corrected chi connectivity index (χ3v) is 2.20. The van der Waals surface area contributed by atoms with E-state index in [0.717, 1.165) is 13.2 Å². The first-order valence-corrected chi connectivity index (χ1v) is 4.26. The minimum Gasteiger partial charge on any atom is -0.504 e. The van der Waals surface area contributed by atoms with E-state index in [0.29, 0.717) is 0 Å². The van der Waals surface area contributed by atoms with Crippen LogP contribution in [-0.2, 0) is 0 Å². The zero-order valence-electron chi connectivity index (χ0n) is 7.04. The highest BCUT2D eigenvalue weighted by Gasteiger charge is 2.22. The average molecular weight is 265 g/mol. The maximum absolute atomic E-state index is 13.3. The highest BCUT2D eigenvalue weighted by molar-refractivity contribution is 9.10. The summed E-state index contributed by atoms with van der Waals surface area (Å²) in [6.07, 6.45) is 0. The fraction of sp³-hybridized carbons (Fsp3) is 0.125. The molecule has 2 N–H and O–H groups in total. The number of phenolic OH excluding ortho intramolecular Hbond substituents is 1. The minimum atomic E-state index is -1.44. The van der Waals surface area contributed by atoms with Gasteiger partial charge in [-0.05, 0) is 22.0 Å². The van der Waals surface area contributed by atoms with Gasteiger partial charge < -0.3 is 14.9 Å². The Morgan fingerprint density at radius 1 is 1.64 bits per heavy atom. The summed E-state index contributed by atoms with van der Waals surface area (Å²) in [6, 6.07) is 1.06. The van der Waals surface area contributed by atoms with Gasteiger partial charge in [-0.1, -0.05) is 0 Å². The van der Waals surface area contributed by atoms with Gasteiger partial charge in [0.15, 0.2) is 17.3 Å². The fourth-order valence-corrected chi connectivity index (χ4v) is 1.54. The van der Waals surface area contributed by atoms with Crippen molar-refractivity contribution in [3.05, 3.63) is 21.9 Å². The normalized spacial score (nSPS) is 9.93. The van der Waals surface area contributed by atoms with Crippen molar-refractivity contribution in [2.45, 2.75) is 0 Å². The predicted molar refractivity (Wildman–Crippen MR) is 49.3 cm³/mol. The lowest BCUT2D eigenvalue weighted by Gasteiger charge is -2.08. The molecule has 0 unspecified atom stereocenters. The lowest BCUT2D eigenvalue weighted by molar-refractivity contribution is 0.0690. The molecule has 1 aromatic carbocycles. The number of halogens is 2. The van der Waals surface area contributed by atoms with Crippen molar-refractivity contribution < 1.29 is 24.1 Å². The number of phenols is 1. The molecule has 0 spiro atoms. The van der Waals surface area contributed by atoms with Gasteiger partial charge >= 0.3 is 5.97 Å². The molecule has 0 aromatic heterocycles. The lowest BCUT2D eigenvalue weighted by atomic mass is 10.2. The van der Waals surface area contributed by atoms with E-state index < -0.39 is 28.8 Å². The van der Waals surface area contributed by atoms with Gasteiger partial charge in [0.1, 0.15) is 5.56 Å². The quantitative estimate of drug-likeness (QED) is 0.858. The summed E-state index contributed by atoms with van der Waals surface area (Å²) in [6.45, 7) is 0. The van der Waals surface area contributed by atoms with Gasteiger partial charge in [-0.2, -0.15) is 0 Å². The Bertz CT molecular complexity index is 391. The van der Waals surface area contributed by atoms with Gasteiger partial charge in [0.2, 0.25) is 0 Å². The van der Waals surface area contributed by atoms with Gasteiger partial charge in [0.05, 0.1) is 7.11 Å². The summed E-state index contributed by atoms with van der Waals surface area (Å²) in [5.74, 6) is -3.48. The van der Waals surface area contributed by atoms with Crippen LogP contribution >= 0.6 is 15.9 Å². The number of hydrogen-bond acceptors (Lipinski definition) is 3. The molecule has 0 amide bonds. The van der Waals surface area contributed by atoms with Crippen LogP contribution in [0.3, 0.4) is 0 Å². The molecule has 0 saturated heterocycles. The van der Waals surface area contributed by atoms with Crippen LogP contribution < -0.4 is 4.74 Å². The van der Waals surface area contributed by atoms with Crippen molar-refractivity contribution in [3.8, 4) is 11.5 Å². The first kappa shape index (κ1) is 10.8. The van der Waals surface area contributed by atoms with Gasteiger partial charge in [0, 0.05) is 4.47 Å². The Kier molecular flexibility index (Phi) is 2.95. The van der Waals surface area contributed by atoms with Gasteiger partial charge in [-0.3, -0.25) is 0 Å². The van der Waals surface area contributed by atoms with Crippen LogP contribution in [0, 0.1) is 5.82 Å². The zero-order chi connectivity index (χ0) is 10.9. The molecular formula is C8H6BrFO4. The minimum absolute atomic E-state index is 0.0409. The Morgan fingerprint density at radius 2 is 2.21 bits per heavy atom. The number of methoxy groups -OCH3 is 1. The van der Waals surface area contributed by atoms with E-state index >= 15 is 0 Å². The van der Waals surface area contributed by atoms with E-state index in [9.17, 15) is 14.3 Å². The van der Waals surface area contributed by atoms with Crippen LogP contribution in [-0.4, -0.2) is 23.3 Å². The van der Waals surface area contributed by atoms with E-state index in [-0.39, 0.29) is 4.47 Å². The fourth-order valence-electron chi connectivity index (χ4n) is 0.979. The Balaban J connectivity index is 3.52. The molecule has 0 aliphatic rings. The number of rotatable bonds is 2. The molecule has 0 radical (unpaired) electrons. The van der Waals surface area contributed by atoms with Gasteiger partial charge in [-0.25, -0.2) is 9.18 Å². The average Bonchev–Trinajstić information content (AvgIpc) is 2.02. The molecule has 76 valence electrons. The molecule has 0 aliphatic heterocycles. The highest BCUT2D eigenvalue weighted by atomic mass is 79.9. The number of carboxylic acid groups (broad SMARTS) is 1. The summed E-state index contributed by atoms with van der Waals surface area (Å²) < 4.78 is 17.8. The summed E-state index contributed by atoms with van der Waals surface area (Å²) in [5, 5.41) is 17.8. The Labute approximate surface area is 87.1 Å². The van der Waals surface area contributed by atoms with E-state index in [2.05, 4.69) is 20.7 Å². The van der Waals surface area contributed by atoms with Crippen molar-refractivity contribution in [1.82, 2.24) is 0 Å². The van der Waals surface area contributed by atoms with E-state index in [1.165, 1.54) is 0 Å². The van der Waals surface area contributed by atoms with E-state index in [1.54, 1.807) is 0 Å². The molecule has 1 rings (SSSR count). The van der Waals surface area contributed by atoms with Crippen molar-refractivity contribution in [3.63, 3.8) is 0 Å². The number of carbonyl (C=O) groups is 1. The second-order valence-corrected chi connectivity index (χ2v) is 3.26. The predicted octanol–water partition coefficient (Wildman–Crippen LogP) is 2.00. The van der Waals surface area contributed by atoms with E-state index in [4.69, 9.17) is 5.11 Å². The largest absolute Gasteiger partial charge is 0.504 e. The number of aromatic hydroxyl groups is 1. The van der Waals surface area contributed by atoms with Crippen LogP contribution in [0.25, 0.3) is 0 Å². The Hall–Kier alpha value is -1.30. The van der Waals surface area contributed by atoms with Crippen LogP contribution in [0.2, 0.25) is 0 Å². The SMILES string of the molecule is COc1c(O)cc(Br)c(C(=O)O)c1F. The van der Waals surface area contributed by atoms with E-state index in [1.807, 2.05) is 0 Å². The molecule has 0 saturated carbocycles. The molecule has 4 nitrogen and oxygen atoms in total. The van der Waals surface area contributed by atoms with Crippen molar-refractivity contribution in [2.75, 3.05) is 7.11 Å². The summed E-state index contributed by atoms with van der Waals surface area (Å²) in [4.78, 5) is 10.6. The standard InChI is InChI=1S/C8H6BrFO4/c1-14-7-4(11)2-3(9)5(6(7)10)8(12)13/h2,11H,1H3,(H,12,13). The summed E-state index contributed by atoms with van der Waals surface area (Å²) in [7, 11) is 1.14. The van der Waals surface area contributed by atoms with Gasteiger partial charge in [-0.15, -0.1) is 0 Å². The second kappa shape index (κ2) is 3.83. The topological polar surface area (TPSA) is 66.8 Å². The van der Waals surface area contributed by atoms with Crippen LogP contribution in [0.4, 0.5) is 4.39 Å². The van der Waals surface area contributed by atoms with Crippen LogP contribution in [0.15, 0.2) is 10.5 Å². The number of hydrogen-bond donors (Lipinski definition) is 2. The number of benzene rings is 1. The monoisotopic (exact) mass is 264 g/mol. The van der Waals surface area contributed by atoms with Crippen LogP contribution in [0.1, 0.15) is 10.4 Å². The molecule has 0 aliphatic carbocycles. The molecule has 6 heteroatoms. The van der Waals surface area contributed by atoms with Crippen LogP contribution in [0.5, 0.6) is 11.5 Å². The molecule has 0 atom stereocenters. The van der Waals surface area contributed by atoms with Crippen molar-refractivity contribution >= 4 is 21.9 Å². The molecule has 1 aromatic rings. The second-order valence-electron chi connectivity index (χ2n) is 2.40. The molecule has 0 heterocycles. The van der Waals surface area contributed by atoms with Crippen molar-refractivity contribution in [1.29, 1.82) is 0 Å². The summed E-state index contributed by atoms with van der Waals surface area (Å²) >= 11 is 2.83. The maximum Gasteiger partial charge on any atom is 0.340 e. The smallest absolute Gasteiger partial charge is 0.340 e. The Morgan fingerprint density at radius 3 is 2.64 bits per heavy atom. The van der Waals surface area contributed by atoms with Crippen molar-refractivity contribution in [2.24, 2.45) is 0 Å². The summed E-state index contributed by atoms with van der Waals surface area (Å²) in [5.41, 5.74) is -0.570.